The fourth-order valence-corrected chi connectivity index (χ4v) is 1.38. The maximum Gasteiger partial charge on any atom is 0.422 e. The Bertz CT molecular complexity index is 421. The maximum atomic E-state index is 11.8. The fraction of sp³-hybridized carbons (Fsp3) is 0.300. The molecule has 0 bridgehead atoms. The van der Waals surface area contributed by atoms with Crippen LogP contribution in [-0.4, -0.2) is 18.9 Å². The van der Waals surface area contributed by atoms with E-state index in [9.17, 15) is 18.0 Å². The molecule has 0 fully saturated rings. The van der Waals surface area contributed by atoms with Crippen molar-refractivity contribution in [2.24, 2.45) is 0 Å². The Kier molecular flexibility index (Phi) is 4.39. The predicted octanol–water partition coefficient (Wildman–Crippen LogP) is 3.87. The van der Waals surface area contributed by atoms with Gasteiger partial charge in [-0.25, -0.2) is 4.79 Å². The van der Waals surface area contributed by atoms with Crippen LogP contribution in [0.3, 0.4) is 0 Å². The molecule has 3 nitrogen and oxygen atoms in total. The zero-order valence-electron chi connectivity index (χ0n) is 8.77. The lowest BCUT2D eigenvalue weighted by Crippen LogP contribution is -2.23. The summed E-state index contributed by atoms with van der Waals surface area (Å²) in [7, 11) is 0. The summed E-state index contributed by atoms with van der Waals surface area (Å²) in [6.07, 6.45) is -5.66. The van der Waals surface area contributed by atoms with Crippen LogP contribution in [0.5, 0.6) is 0 Å². The van der Waals surface area contributed by atoms with E-state index in [1.54, 1.807) is 25.1 Å². The summed E-state index contributed by atoms with van der Waals surface area (Å²) in [6.45, 7) is 0.109. The van der Waals surface area contributed by atoms with E-state index in [4.69, 9.17) is 0 Å². The molecule has 1 N–H and O–H groups in total. The van der Waals surface area contributed by atoms with Crippen LogP contribution in [0.1, 0.15) is 5.56 Å². The third kappa shape index (κ3) is 5.08. The molecule has 17 heavy (non-hydrogen) atoms. The van der Waals surface area contributed by atoms with Crippen LogP contribution in [0.15, 0.2) is 22.7 Å². The van der Waals surface area contributed by atoms with Gasteiger partial charge in [-0.05, 0) is 24.6 Å². The zero-order valence-corrected chi connectivity index (χ0v) is 10.4. The van der Waals surface area contributed by atoms with Crippen LogP contribution < -0.4 is 5.32 Å². The van der Waals surface area contributed by atoms with E-state index in [1.165, 1.54) is 0 Å². The highest BCUT2D eigenvalue weighted by molar-refractivity contribution is 9.10. The van der Waals surface area contributed by atoms with Gasteiger partial charge < -0.3 is 4.74 Å². The number of rotatable bonds is 2. The molecule has 0 spiro atoms. The Hall–Kier alpha value is -1.24. The van der Waals surface area contributed by atoms with Crippen molar-refractivity contribution < 1.29 is 22.7 Å². The lowest BCUT2D eigenvalue weighted by Gasteiger charge is -2.10. The largest absolute Gasteiger partial charge is 0.440 e. The SMILES string of the molecule is Cc1ccc(Br)cc1NC(=O)OCC(F)(F)F. The Morgan fingerprint density at radius 3 is 2.71 bits per heavy atom. The number of hydrogen-bond donors (Lipinski definition) is 1. The molecule has 0 unspecified atom stereocenters. The standard InChI is InChI=1S/C10H9BrF3NO2/c1-6-2-3-7(11)4-8(6)15-9(16)17-5-10(12,13)14/h2-4H,5H2,1H3,(H,15,16). The highest BCUT2D eigenvalue weighted by Crippen LogP contribution is 2.21. The minimum Gasteiger partial charge on any atom is -0.440 e. The number of hydrogen-bond acceptors (Lipinski definition) is 2. The van der Waals surface area contributed by atoms with E-state index < -0.39 is 18.9 Å². The first-order valence-electron chi connectivity index (χ1n) is 4.54. The number of benzene rings is 1. The van der Waals surface area contributed by atoms with Gasteiger partial charge in [0.15, 0.2) is 6.61 Å². The smallest absolute Gasteiger partial charge is 0.422 e. The molecule has 0 aliphatic heterocycles. The molecule has 0 aliphatic carbocycles. The number of carbonyl (C=O) groups is 1. The Labute approximate surface area is 104 Å². The molecule has 1 aromatic carbocycles. The van der Waals surface area contributed by atoms with Gasteiger partial charge in [0.05, 0.1) is 0 Å². The molecule has 0 radical (unpaired) electrons. The van der Waals surface area contributed by atoms with Gasteiger partial charge in [0.25, 0.3) is 0 Å². The van der Waals surface area contributed by atoms with Crippen molar-refractivity contribution in [1.82, 2.24) is 0 Å². The van der Waals surface area contributed by atoms with Gasteiger partial charge in [-0.1, -0.05) is 22.0 Å². The third-order valence-corrected chi connectivity index (χ3v) is 2.30. The second-order valence-corrected chi connectivity index (χ2v) is 4.19. The highest BCUT2D eigenvalue weighted by atomic mass is 79.9. The molecule has 7 heteroatoms. The van der Waals surface area contributed by atoms with Crippen LogP contribution >= 0.6 is 15.9 Å². The van der Waals surface area contributed by atoms with Gasteiger partial charge in [0.1, 0.15) is 0 Å². The number of ether oxygens (including phenoxy) is 1. The normalized spacial score (nSPS) is 11.1. The third-order valence-electron chi connectivity index (χ3n) is 1.80. The molecule has 0 aliphatic rings. The number of amides is 1. The summed E-state index contributed by atoms with van der Waals surface area (Å²) < 4.78 is 40.1. The summed E-state index contributed by atoms with van der Waals surface area (Å²) in [5, 5.41) is 2.23. The first-order valence-corrected chi connectivity index (χ1v) is 5.34. The van der Waals surface area contributed by atoms with Crippen molar-refractivity contribution >= 4 is 27.7 Å². The number of carbonyl (C=O) groups excluding carboxylic acids is 1. The van der Waals surface area contributed by atoms with E-state index in [0.29, 0.717) is 10.2 Å². The first kappa shape index (κ1) is 13.8. The predicted molar refractivity (Wildman–Crippen MR) is 59.9 cm³/mol. The maximum absolute atomic E-state index is 11.8. The van der Waals surface area contributed by atoms with Crippen LogP contribution in [0.4, 0.5) is 23.7 Å². The summed E-state index contributed by atoms with van der Waals surface area (Å²) in [4.78, 5) is 11.1. The molecule has 1 rings (SSSR count). The number of alkyl halides is 3. The lowest BCUT2D eigenvalue weighted by molar-refractivity contribution is -0.159. The van der Waals surface area contributed by atoms with Crippen molar-refractivity contribution in [2.45, 2.75) is 13.1 Å². The van der Waals surface area contributed by atoms with Gasteiger partial charge in [-0.3, -0.25) is 5.32 Å². The molecular weight excluding hydrogens is 303 g/mol. The highest BCUT2D eigenvalue weighted by Gasteiger charge is 2.29. The van der Waals surface area contributed by atoms with E-state index in [2.05, 4.69) is 26.0 Å². The molecule has 94 valence electrons. The average Bonchev–Trinajstić information content (AvgIpc) is 2.20. The van der Waals surface area contributed by atoms with Crippen molar-refractivity contribution in [2.75, 3.05) is 11.9 Å². The minimum atomic E-state index is -4.52. The molecule has 1 aromatic rings. The molecule has 0 heterocycles. The van der Waals surface area contributed by atoms with Crippen LogP contribution in [-0.2, 0) is 4.74 Å². The van der Waals surface area contributed by atoms with Gasteiger partial charge in [-0.2, -0.15) is 13.2 Å². The molecule has 0 saturated carbocycles. The molecule has 0 saturated heterocycles. The van der Waals surface area contributed by atoms with Crippen LogP contribution in [0.25, 0.3) is 0 Å². The second-order valence-electron chi connectivity index (χ2n) is 3.28. The van der Waals surface area contributed by atoms with Gasteiger partial charge >= 0.3 is 12.3 Å². The second kappa shape index (κ2) is 5.39. The van der Waals surface area contributed by atoms with Crippen molar-refractivity contribution in [1.29, 1.82) is 0 Å². The van der Waals surface area contributed by atoms with E-state index in [-0.39, 0.29) is 0 Å². The summed E-state index contributed by atoms with van der Waals surface area (Å²) in [6, 6.07) is 5.04. The first-order chi connectivity index (χ1) is 7.78. The van der Waals surface area contributed by atoms with Gasteiger partial charge in [0.2, 0.25) is 0 Å². The summed E-state index contributed by atoms with van der Waals surface area (Å²) in [5.41, 5.74) is 1.11. The number of aryl methyl sites for hydroxylation is 1. The van der Waals surface area contributed by atoms with Crippen molar-refractivity contribution in [3.8, 4) is 0 Å². The zero-order chi connectivity index (χ0) is 13.1. The fourth-order valence-electron chi connectivity index (χ4n) is 1.02. The van der Waals surface area contributed by atoms with Crippen LogP contribution in [0.2, 0.25) is 0 Å². The van der Waals surface area contributed by atoms with Crippen LogP contribution in [0, 0.1) is 6.92 Å². The van der Waals surface area contributed by atoms with Crippen molar-refractivity contribution in [3.63, 3.8) is 0 Å². The molecule has 0 aromatic heterocycles. The van der Waals surface area contributed by atoms with Gasteiger partial charge in [-0.15, -0.1) is 0 Å². The summed E-state index contributed by atoms with van der Waals surface area (Å²) >= 11 is 3.18. The summed E-state index contributed by atoms with van der Waals surface area (Å²) in [5.74, 6) is 0. The molecular formula is C10H9BrF3NO2. The quantitative estimate of drug-likeness (QED) is 0.900. The topological polar surface area (TPSA) is 38.3 Å². The minimum absolute atomic E-state index is 0.395. The Morgan fingerprint density at radius 1 is 1.47 bits per heavy atom. The molecule has 1 amide bonds. The van der Waals surface area contributed by atoms with Crippen molar-refractivity contribution in [3.05, 3.63) is 28.2 Å². The van der Waals surface area contributed by atoms with Gasteiger partial charge in [0, 0.05) is 10.2 Å². The monoisotopic (exact) mass is 311 g/mol. The molecule has 0 atom stereocenters. The van der Waals surface area contributed by atoms with E-state index in [0.717, 1.165) is 5.56 Å². The van der Waals surface area contributed by atoms with E-state index >= 15 is 0 Å². The number of anilines is 1. The number of halogens is 4. The average molecular weight is 312 g/mol. The number of nitrogens with one attached hydrogen (secondary N) is 1. The van der Waals surface area contributed by atoms with E-state index in [1.807, 2.05) is 0 Å². The Morgan fingerprint density at radius 2 is 2.12 bits per heavy atom. The lowest BCUT2D eigenvalue weighted by atomic mass is 10.2. The Balaban J connectivity index is 2.59.